The van der Waals surface area contributed by atoms with E-state index in [1.165, 1.54) is 41.3 Å². The van der Waals surface area contributed by atoms with Crippen molar-refractivity contribution < 1.29 is 17.9 Å². The third kappa shape index (κ3) is 5.74. The Hall–Kier alpha value is -3.12. The van der Waals surface area contributed by atoms with Crippen molar-refractivity contribution in [2.45, 2.75) is 28.0 Å². The molecule has 0 spiro atoms. The fourth-order valence-electron chi connectivity index (χ4n) is 3.65. The Morgan fingerprint density at radius 1 is 1.14 bits per heavy atom. The minimum atomic E-state index is -3.99. The van der Waals surface area contributed by atoms with Gasteiger partial charge >= 0.3 is 0 Å². The summed E-state index contributed by atoms with van der Waals surface area (Å²) in [6.45, 7) is 1.64. The molecule has 1 atom stereocenters. The molecule has 0 radical (unpaired) electrons. The molecule has 0 bridgehead atoms. The highest BCUT2D eigenvalue weighted by molar-refractivity contribution is 8.00. The van der Waals surface area contributed by atoms with Gasteiger partial charge in [0.05, 0.1) is 17.1 Å². The van der Waals surface area contributed by atoms with Gasteiger partial charge in [-0.2, -0.15) is 0 Å². The average molecular weight is 573 g/mol. The fraction of sp³-hybridized carbons (Fsp3) is 0.160. The second-order valence-electron chi connectivity index (χ2n) is 8.20. The van der Waals surface area contributed by atoms with Gasteiger partial charge in [-0.15, -0.1) is 10.2 Å². The maximum atomic E-state index is 13.6. The number of sulfonamides is 1. The number of fused-ring (bicyclic) bond motifs is 1. The molecule has 5 rings (SSSR count). The van der Waals surface area contributed by atoms with Crippen LogP contribution < -0.4 is 14.4 Å². The molecular weight excluding hydrogens is 552 g/mol. The van der Waals surface area contributed by atoms with Gasteiger partial charge in [-0.05, 0) is 42.8 Å². The van der Waals surface area contributed by atoms with Crippen LogP contribution in [0.5, 0.6) is 5.75 Å². The molecule has 1 aliphatic heterocycles. The molecule has 2 heterocycles. The minimum absolute atomic E-state index is 0.106. The predicted octanol–water partition coefficient (Wildman–Crippen LogP) is 5.39. The number of ether oxygens (including phenoxy) is 1. The van der Waals surface area contributed by atoms with E-state index in [0.717, 1.165) is 21.2 Å². The van der Waals surface area contributed by atoms with E-state index in [2.05, 4.69) is 15.5 Å². The van der Waals surface area contributed by atoms with Gasteiger partial charge in [0.1, 0.15) is 5.75 Å². The molecule has 0 saturated heterocycles. The summed E-state index contributed by atoms with van der Waals surface area (Å²) in [5.41, 5.74) is 2.35. The van der Waals surface area contributed by atoms with Crippen LogP contribution in [0.2, 0.25) is 5.02 Å². The molecule has 12 heteroatoms. The number of nitrogens with one attached hydrogen (secondary N) is 1. The van der Waals surface area contributed by atoms with Gasteiger partial charge in [0.2, 0.25) is 5.13 Å². The van der Waals surface area contributed by atoms with Crippen LogP contribution in [-0.4, -0.2) is 37.2 Å². The summed E-state index contributed by atoms with van der Waals surface area (Å²) in [5, 5.41) is 11.6. The Bertz CT molecular complexity index is 1530. The number of anilines is 2. The van der Waals surface area contributed by atoms with E-state index in [1.54, 1.807) is 24.3 Å². The van der Waals surface area contributed by atoms with Gasteiger partial charge in [0.15, 0.2) is 10.4 Å². The molecule has 1 aromatic heterocycles. The van der Waals surface area contributed by atoms with E-state index in [1.807, 2.05) is 37.3 Å². The highest BCUT2D eigenvalue weighted by Crippen LogP contribution is 2.39. The molecule has 8 nitrogen and oxygen atoms in total. The van der Waals surface area contributed by atoms with Gasteiger partial charge in [-0.1, -0.05) is 82.7 Å². The lowest BCUT2D eigenvalue weighted by atomic mass is 10.2. The van der Waals surface area contributed by atoms with Crippen molar-refractivity contribution in [2.24, 2.45) is 0 Å². The standard InChI is InChI=1S/C25H21ClN4O4S3/c1-16-7-10-19(11-8-16)37(32,33)30-14-22(34-21-12-9-18(26)13-20(21)30)23(31)27-24-28-29-25(36-24)35-15-17-5-3-2-4-6-17/h2-13,22H,14-15H2,1H3,(H,27,28,31). The first-order valence-electron chi connectivity index (χ1n) is 11.2. The van der Waals surface area contributed by atoms with Crippen molar-refractivity contribution in [1.29, 1.82) is 0 Å². The summed E-state index contributed by atoms with van der Waals surface area (Å²) >= 11 is 8.91. The quantitative estimate of drug-likeness (QED) is 0.234. The topological polar surface area (TPSA) is 101 Å². The molecule has 0 aliphatic carbocycles. The van der Waals surface area contributed by atoms with Crippen LogP contribution in [-0.2, 0) is 20.6 Å². The van der Waals surface area contributed by atoms with E-state index in [0.29, 0.717) is 14.5 Å². The smallest absolute Gasteiger partial charge is 0.269 e. The van der Waals surface area contributed by atoms with Crippen LogP contribution >= 0.6 is 34.7 Å². The number of carbonyl (C=O) groups excluding carboxylic acids is 1. The number of benzene rings is 3. The number of rotatable bonds is 7. The van der Waals surface area contributed by atoms with E-state index >= 15 is 0 Å². The van der Waals surface area contributed by atoms with E-state index in [-0.39, 0.29) is 22.9 Å². The minimum Gasteiger partial charge on any atom is -0.476 e. The molecule has 1 aliphatic rings. The second kappa shape index (κ2) is 10.7. The first-order chi connectivity index (χ1) is 17.8. The zero-order valence-corrected chi connectivity index (χ0v) is 22.7. The average Bonchev–Trinajstić information content (AvgIpc) is 3.34. The Morgan fingerprint density at radius 2 is 1.89 bits per heavy atom. The van der Waals surface area contributed by atoms with Crippen LogP contribution in [0, 0.1) is 6.92 Å². The van der Waals surface area contributed by atoms with E-state index in [4.69, 9.17) is 16.3 Å². The number of amides is 1. The Balaban J connectivity index is 1.34. The lowest BCUT2D eigenvalue weighted by Crippen LogP contribution is -2.48. The molecule has 3 aromatic carbocycles. The molecule has 4 aromatic rings. The Morgan fingerprint density at radius 3 is 2.65 bits per heavy atom. The number of halogens is 1. The fourth-order valence-corrected chi connectivity index (χ4v) is 6.99. The second-order valence-corrected chi connectivity index (χ2v) is 12.7. The SMILES string of the molecule is Cc1ccc(S(=O)(=O)N2CC(C(=O)Nc3nnc(SCc4ccccc4)s3)Oc3ccc(Cl)cc32)cc1. The highest BCUT2D eigenvalue weighted by Gasteiger charge is 2.38. The van der Waals surface area contributed by atoms with Crippen molar-refractivity contribution in [2.75, 3.05) is 16.2 Å². The molecule has 1 amide bonds. The number of nitrogens with zero attached hydrogens (tertiary/aromatic N) is 3. The number of aromatic nitrogens is 2. The van der Waals surface area contributed by atoms with Crippen LogP contribution in [0.1, 0.15) is 11.1 Å². The van der Waals surface area contributed by atoms with Crippen molar-refractivity contribution in [3.8, 4) is 5.75 Å². The van der Waals surface area contributed by atoms with E-state index in [9.17, 15) is 13.2 Å². The first kappa shape index (κ1) is 25.5. The summed E-state index contributed by atoms with van der Waals surface area (Å²) in [7, 11) is -3.99. The van der Waals surface area contributed by atoms with Crippen LogP contribution in [0.15, 0.2) is 82.0 Å². The molecule has 1 N–H and O–H groups in total. The molecule has 190 valence electrons. The molecule has 0 fully saturated rings. The maximum absolute atomic E-state index is 13.6. The number of hydrogen-bond donors (Lipinski definition) is 1. The van der Waals surface area contributed by atoms with Gasteiger partial charge in [-0.25, -0.2) is 8.42 Å². The Labute approximate surface area is 227 Å². The summed E-state index contributed by atoms with van der Waals surface area (Å²) in [5.74, 6) is 0.434. The van der Waals surface area contributed by atoms with Crippen LogP contribution in [0.3, 0.4) is 0 Å². The Kier molecular flexibility index (Phi) is 7.38. The lowest BCUT2D eigenvalue weighted by Gasteiger charge is -2.34. The lowest BCUT2D eigenvalue weighted by molar-refractivity contribution is -0.122. The van der Waals surface area contributed by atoms with Gasteiger partial charge in [0.25, 0.3) is 15.9 Å². The molecule has 37 heavy (non-hydrogen) atoms. The van der Waals surface area contributed by atoms with Gasteiger partial charge < -0.3 is 4.74 Å². The van der Waals surface area contributed by atoms with Gasteiger partial charge in [0, 0.05) is 10.8 Å². The van der Waals surface area contributed by atoms with Crippen LogP contribution in [0.4, 0.5) is 10.8 Å². The maximum Gasteiger partial charge on any atom is 0.269 e. The predicted molar refractivity (Wildman–Crippen MR) is 146 cm³/mol. The number of thioether (sulfide) groups is 1. The van der Waals surface area contributed by atoms with Crippen molar-refractivity contribution >= 4 is 61.4 Å². The van der Waals surface area contributed by atoms with Crippen molar-refractivity contribution in [3.05, 3.63) is 88.9 Å². The van der Waals surface area contributed by atoms with Crippen molar-refractivity contribution in [3.63, 3.8) is 0 Å². The third-order valence-electron chi connectivity index (χ3n) is 5.53. The summed E-state index contributed by atoms with van der Waals surface area (Å²) in [6, 6.07) is 21.1. The zero-order valence-electron chi connectivity index (χ0n) is 19.5. The van der Waals surface area contributed by atoms with Crippen molar-refractivity contribution in [1.82, 2.24) is 10.2 Å². The molecule has 1 unspecified atom stereocenters. The molecular formula is C25H21ClN4O4S3. The largest absolute Gasteiger partial charge is 0.476 e. The summed E-state index contributed by atoms with van der Waals surface area (Å²) in [6.07, 6.45) is -1.11. The normalized spacial score (nSPS) is 15.1. The highest BCUT2D eigenvalue weighted by atomic mass is 35.5. The third-order valence-corrected chi connectivity index (χ3v) is 9.61. The van der Waals surface area contributed by atoms with E-state index < -0.39 is 22.0 Å². The number of hydrogen-bond acceptors (Lipinski definition) is 8. The number of carbonyl (C=O) groups is 1. The number of aryl methyl sites for hydroxylation is 1. The monoisotopic (exact) mass is 572 g/mol. The summed E-state index contributed by atoms with van der Waals surface area (Å²) < 4.78 is 34.9. The summed E-state index contributed by atoms with van der Waals surface area (Å²) in [4.78, 5) is 13.2. The van der Waals surface area contributed by atoms with Gasteiger partial charge in [-0.3, -0.25) is 14.4 Å². The van der Waals surface area contributed by atoms with Crippen LogP contribution in [0.25, 0.3) is 0 Å². The molecule has 0 saturated carbocycles. The first-order valence-corrected chi connectivity index (χ1v) is 14.8. The zero-order chi connectivity index (χ0) is 26.0.